The Hall–Kier alpha value is -1.31. The molecule has 1 rings (SSSR count). The van der Waals surface area contributed by atoms with Gasteiger partial charge >= 0.3 is 0 Å². The Labute approximate surface area is 103 Å². The molecule has 0 bridgehead atoms. The lowest BCUT2D eigenvalue weighted by Crippen LogP contribution is -2.31. The fourth-order valence-corrected chi connectivity index (χ4v) is 1.65. The lowest BCUT2D eigenvalue weighted by molar-refractivity contribution is 0.0953. The van der Waals surface area contributed by atoms with Gasteiger partial charge in [-0.15, -0.1) is 0 Å². The van der Waals surface area contributed by atoms with Crippen molar-refractivity contribution < 1.29 is 18.3 Å². The summed E-state index contributed by atoms with van der Waals surface area (Å²) < 4.78 is 21.3. The first kappa shape index (κ1) is 13.8. The molecule has 0 aliphatic heterocycles. The molecule has 0 heterocycles. The zero-order chi connectivity index (χ0) is 13.1. The first-order valence-corrected chi connectivity index (χ1v) is 6.66. The standard InChI is InChI=1S/C9H11ClN2O4S/c10-6-1-2-8(13)7(5-6)9(14)12-3-4-17(11,15)16/h1-2,5,13H,3-4H2,(H,12,14)(H2,11,15,16). The monoisotopic (exact) mass is 278 g/mol. The number of carbonyl (C=O) groups excluding carboxylic acids is 1. The highest BCUT2D eigenvalue weighted by Crippen LogP contribution is 2.20. The number of hydrogen-bond acceptors (Lipinski definition) is 4. The molecule has 1 amide bonds. The van der Waals surface area contributed by atoms with E-state index >= 15 is 0 Å². The van der Waals surface area contributed by atoms with Gasteiger partial charge in [0, 0.05) is 11.6 Å². The number of benzene rings is 1. The number of sulfonamides is 1. The summed E-state index contributed by atoms with van der Waals surface area (Å²) in [7, 11) is -3.62. The molecule has 0 aliphatic carbocycles. The Morgan fingerprint density at radius 3 is 2.71 bits per heavy atom. The molecule has 0 aromatic heterocycles. The number of carbonyl (C=O) groups is 1. The van der Waals surface area contributed by atoms with Crippen molar-refractivity contribution in [2.24, 2.45) is 5.14 Å². The first-order chi connectivity index (χ1) is 7.79. The van der Waals surface area contributed by atoms with Gasteiger partial charge in [-0.25, -0.2) is 13.6 Å². The van der Waals surface area contributed by atoms with E-state index < -0.39 is 15.9 Å². The fraction of sp³-hybridized carbons (Fsp3) is 0.222. The molecule has 1 aromatic rings. The minimum atomic E-state index is -3.62. The molecule has 0 saturated heterocycles. The highest BCUT2D eigenvalue weighted by molar-refractivity contribution is 7.89. The van der Waals surface area contributed by atoms with Gasteiger partial charge in [-0.2, -0.15) is 0 Å². The average molecular weight is 279 g/mol. The van der Waals surface area contributed by atoms with Gasteiger partial charge in [-0.05, 0) is 18.2 Å². The van der Waals surface area contributed by atoms with Crippen molar-refractivity contribution >= 4 is 27.5 Å². The van der Waals surface area contributed by atoms with E-state index in [1.165, 1.54) is 18.2 Å². The Kier molecular flexibility index (Phi) is 4.33. The molecule has 0 spiro atoms. The Morgan fingerprint density at radius 1 is 1.47 bits per heavy atom. The largest absolute Gasteiger partial charge is 0.507 e. The summed E-state index contributed by atoms with van der Waals surface area (Å²) in [5, 5.41) is 16.8. The summed E-state index contributed by atoms with van der Waals surface area (Å²) in [5.41, 5.74) is -0.0214. The summed E-state index contributed by atoms with van der Waals surface area (Å²) in [6.07, 6.45) is 0. The minimum absolute atomic E-state index is 0.0214. The summed E-state index contributed by atoms with van der Waals surface area (Å²) in [5.74, 6) is -1.23. The molecule has 6 nitrogen and oxygen atoms in total. The van der Waals surface area contributed by atoms with Gasteiger partial charge in [0.15, 0.2) is 0 Å². The number of phenols is 1. The van der Waals surface area contributed by atoms with E-state index in [1.807, 2.05) is 0 Å². The third-order valence-electron chi connectivity index (χ3n) is 1.88. The van der Waals surface area contributed by atoms with Crippen LogP contribution in [-0.2, 0) is 10.0 Å². The van der Waals surface area contributed by atoms with Crippen LogP contribution in [0.2, 0.25) is 5.02 Å². The van der Waals surface area contributed by atoms with Gasteiger partial charge in [0.05, 0.1) is 11.3 Å². The Bertz CT molecular complexity index is 530. The Balaban J connectivity index is 2.67. The van der Waals surface area contributed by atoms with Crippen molar-refractivity contribution in [2.75, 3.05) is 12.3 Å². The quantitative estimate of drug-likeness (QED) is 0.723. The second-order valence-electron chi connectivity index (χ2n) is 3.28. The van der Waals surface area contributed by atoms with E-state index in [1.54, 1.807) is 0 Å². The van der Waals surface area contributed by atoms with Crippen molar-refractivity contribution in [2.45, 2.75) is 0 Å². The third kappa shape index (κ3) is 4.59. The summed E-state index contributed by atoms with van der Waals surface area (Å²) in [6.45, 7) is -0.135. The average Bonchev–Trinajstić information content (AvgIpc) is 2.19. The van der Waals surface area contributed by atoms with E-state index in [2.05, 4.69) is 5.32 Å². The molecule has 8 heteroatoms. The first-order valence-electron chi connectivity index (χ1n) is 4.57. The van der Waals surface area contributed by atoms with Crippen LogP contribution in [0.3, 0.4) is 0 Å². The van der Waals surface area contributed by atoms with Crippen molar-refractivity contribution in [1.29, 1.82) is 0 Å². The predicted molar refractivity (Wildman–Crippen MR) is 63.4 cm³/mol. The highest BCUT2D eigenvalue weighted by atomic mass is 35.5. The van der Waals surface area contributed by atoms with E-state index in [9.17, 15) is 18.3 Å². The lowest BCUT2D eigenvalue weighted by Gasteiger charge is -2.06. The van der Waals surface area contributed by atoms with Crippen molar-refractivity contribution in [3.63, 3.8) is 0 Å². The number of hydrogen-bond donors (Lipinski definition) is 3. The summed E-state index contributed by atoms with van der Waals surface area (Å²) >= 11 is 5.66. The molecule has 0 aliphatic rings. The Morgan fingerprint density at radius 2 is 2.12 bits per heavy atom. The molecule has 0 saturated carbocycles. The van der Waals surface area contributed by atoms with Gasteiger partial charge in [0.25, 0.3) is 5.91 Å². The third-order valence-corrected chi connectivity index (χ3v) is 2.88. The van der Waals surface area contributed by atoms with Crippen LogP contribution in [-0.4, -0.2) is 31.7 Å². The van der Waals surface area contributed by atoms with Crippen LogP contribution in [0.15, 0.2) is 18.2 Å². The molecular formula is C9H11ClN2O4S. The van der Waals surface area contributed by atoms with Crippen molar-refractivity contribution in [1.82, 2.24) is 5.32 Å². The number of nitrogens with one attached hydrogen (secondary N) is 1. The van der Waals surface area contributed by atoms with E-state index in [4.69, 9.17) is 16.7 Å². The maximum Gasteiger partial charge on any atom is 0.255 e. The lowest BCUT2D eigenvalue weighted by atomic mass is 10.2. The van der Waals surface area contributed by atoms with E-state index in [0.717, 1.165) is 0 Å². The summed E-state index contributed by atoms with van der Waals surface area (Å²) in [6, 6.07) is 3.98. The SMILES string of the molecule is NS(=O)(=O)CCNC(=O)c1cc(Cl)ccc1O. The second-order valence-corrected chi connectivity index (χ2v) is 5.45. The van der Waals surface area contributed by atoms with Gasteiger partial charge < -0.3 is 10.4 Å². The number of rotatable bonds is 4. The van der Waals surface area contributed by atoms with Crippen LogP contribution in [0.4, 0.5) is 0 Å². The molecule has 0 unspecified atom stereocenters. The molecule has 0 radical (unpaired) electrons. The molecule has 0 atom stereocenters. The molecular weight excluding hydrogens is 268 g/mol. The summed E-state index contributed by atoms with van der Waals surface area (Å²) in [4.78, 5) is 11.5. The molecule has 1 aromatic carbocycles. The van der Waals surface area contributed by atoms with Crippen LogP contribution in [0.25, 0.3) is 0 Å². The van der Waals surface area contributed by atoms with Crippen molar-refractivity contribution in [3.8, 4) is 5.75 Å². The normalized spacial score (nSPS) is 11.2. The van der Waals surface area contributed by atoms with E-state index in [0.29, 0.717) is 5.02 Å². The number of amides is 1. The van der Waals surface area contributed by atoms with Gasteiger partial charge in [-0.1, -0.05) is 11.6 Å². The maximum atomic E-state index is 11.5. The predicted octanol–water partition coefficient (Wildman–Crippen LogP) is 0.0639. The zero-order valence-electron chi connectivity index (χ0n) is 8.68. The molecule has 94 valence electrons. The maximum absolute atomic E-state index is 11.5. The number of primary sulfonamides is 1. The molecule has 4 N–H and O–H groups in total. The van der Waals surface area contributed by atoms with Crippen LogP contribution >= 0.6 is 11.6 Å². The van der Waals surface area contributed by atoms with Crippen LogP contribution < -0.4 is 10.5 Å². The van der Waals surface area contributed by atoms with Crippen LogP contribution in [0, 0.1) is 0 Å². The number of aromatic hydroxyl groups is 1. The number of halogens is 1. The van der Waals surface area contributed by atoms with Gasteiger partial charge in [0.2, 0.25) is 10.0 Å². The molecule has 17 heavy (non-hydrogen) atoms. The van der Waals surface area contributed by atoms with Gasteiger partial charge in [-0.3, -0.25) is 4.79 Å². The smallest absolute Gasteiger partial charge is 0.255 e. The van der Waals surface area contributed by atoms with Crippen LogP contribution in [0.5, 0.6) is 5.75 Å². The van der Waals surface area contributed by atoms with E-state index in [-0.39, 0.29) is 23.6 Å². The van der Waals surface area contributed by atoms with Crippen molar-refractivity contribution in [3.05, 3.63) is 28.8 Å². The van der Waals surface area contributed by atoms with Gasteiger partial charge in [0.1, 0.15) is 5.75 Å². The number of nitrogens with two attached hydrogens (primary N) is 1. The number of phenolic OH excluding ortho intramolecular Hbond substituents is 1. The highest BCUT2D eigenvalue weighted by Gasteiger charge is 2.12. The topological polar surface area (TPSA) is 109 Å². The van der Waals surface area contributed by atoms with Crippen LogP contribution in [0.1, 0.15) is 10.4 Å². The molecule has 0 fully saturated rings. The second kappa shape index (κ2) is 5.35. The minimum Gasteiger partial charge on any atom is -0.507 e. The zero-order valence-corrected chi connectivity index (χ0v) is 10.3. The fourth-order valence-electron chi connectivity index (χ4n) is 1.09.